The van der Waals surface area contributed by atoms with Gasteiger partial charge in [-0.2, -0.15) is 13.2 Å². The first-order chi connectivity index (χ1) is 12.3. The van der Waals surface area contributed by atoms with E-state index in [9.17, 15) is 18.0 Å². The Kier molecular flexibility index (Phi) is 4.75. The van der Waals surface area contributed by atoms with Crippen LogP contribution in [0.25, 0.3) is 17.0 Å². The first kappa shape index (κ1) is 17.7. The molecule has 0 aliphatic heterocycles. The highest BCUT2D eigenvalue weighted by Crippen LogP contribution is 2.23. The second-order valence-electron chi connectivity index (χ2n) is 5.78. The van der Waals surface area contributed by atoms with Crippen molar-refractivity contribution in [3.05, 3.63) is 77.5 Å². The number of amides is 1. The summed E-state index contributed by atoms with van der Waals surface area (Å²) in [6, 6.07) is 13.6. The van der Waals surface area contributed by atoms with Crippen LogP contribution in [-0.2, 0) is 0 Å². The highest BCUT2D eigenvalue weighted by Gasteiger charge is 2.21. The molecule has 0 aliphatic carbocycles. The number of hydrogen-bond donors (Lipinski definition) is 1. The van der Waals surface area contributed by atoms with Crippen molar-refractivity contribution in [1.29, 1.82) is 0 Å². The third-order valence-corrected chi connectivity index (χ3v) is 3.85. The van der Waals surface area contributed by atoms with E-state index in [4.69, 9.17) is 0 Å². The zero-order chi connectivity index (χ0) is 18.7. The summed E-state index contributed by atoms with van der Waals surface area (Å²) in [7, 11) is 0. The fraction of sp³-hybridized carbons (Fsp3) is 0.100. The molecule has 0 bridgehead atoms. The molecule has 0 fully saturated rings. The van der Waals surface area contributed by atoms with Crippen molar-refractivity contribution in [2.45, 2.75) is 13.1 Å². The minimum atomic E-state index is -4.37. The number of carbonyl (C=O) groups excluding carboxylic acids is 1. The van der Waals surface area contributed by atoms with E-state index >= 15 is 0 Å². The number of rotatable bonds is 3. The second kappa shape index (κ2) is 7.00. The fourth-order valence-electron chi connectivity index (χ4n) is 2.64. The van der Waals surface area contributed by atoms with E-state index in [1.54, 1.807) is 37.4 Å². The molecule has 0 atom stereocenters. The number of benzene rings is 2. The van der Waals surface area contributed by atoms with Gasteiger partial charge in [0.2, 0.25) is 0 Å². The summed E-state index contributed by atoms with van der Waals surface area (Å²) >= 11 is 0. The highest BCUT2D eigenvalue weighted by molar-refractivity contribution is 6.09. The van der Waals surface area contributed by atoms with E-state index in [1.807, 2.05) is 12.1 Å². The minimum Gasteiger partial charge on any atom is -0.321 e. The predicted molar refractivity (Wildman–Crippen MR) is 96.0 cm³/mol. The van der Waals surface area contributed by atoms with Crippen molar-refractivity contribution in [1.82, 2.24) is 4.98 Å². The molecule has 0 saturated heterocycles. The molecule has 0 unspecified atom stereocenters. The predicted octanol–water partition coefficient (Wildman–Crippen LogP) is 5.37. The SMILES string of the molecule is Cc1cc(C=CC(F)(F)F)ccc1C(=O)Nc1cccc2ncccc12. The minimum absolute atomic E-state index is 0.171. The summed E-state index contributed by atoms with van der Waals surface area (Å²) in [6.07, 6.45) is -1.55. The number of aromatic nitrogens is 1. The van der Waals surface area contributed by atoms with E-state index in [-0.39, 0.29) is 12.0 Å². The molecule has 6 heteroatoms. The van der Waals surface area contributed by atoms with Gasteiger partial charge < -0.3 is 5.32 Å². The topological polar surface area (TPSA) is 42.0 Å². The summed E-state index contributed by atoms with van der Waals surface area (Å²) in [6.45, 7) is 1.69. The first-order valence-corrected chi connectivity index (χ1v) is 7.85. The van der Waals surface area contributed by atoms with Gasteiger partial charge in [-0.05, 0) is 48.4 Å². The Labute approximate surface area is 148 Å². The summed E-state index contributed by atoms with van der Waals surface area (Å²) in [5.41, 5.74) is 2.75. The van der Waals surface area contributed by atoms with E-state index in [2.05, 4.69) is 10.3 Å². The number of nitrogens with zero attached hydrogens (tertiary/aromatic N) is 1. The number of carbonyl (C=O) groups is 1. The molecule has 0 spiro atoms. The van der Waals surface area contributed by atoms with Crippen molar-refractivity contribution in [3.8, 4) is 0 Å². The normalized spacial score (nSPS) is 11.8. The lowest BCUT2D eigenvalue weighted by atomic mass is 10.0. The Morgan fingerprint density at radius 1 is 1.12 bits per heavy atom. The summed E-state index contributed by atoms with van der Waals surface area (Å²) in [5, 5.41) is 3.65. The molecule has 3 nitrogen and oxygen atoms in total. The molecule has 0 aliphatic rings. The van der Waals surface area contributed by atoms with Crippen molar-refractivity contribution >= 4 is 28.6 Å². The van der Waals surface area contributed by atoms with Crippen LogP contribution in [0.15, 0.2) is 60.8 Å². The maximum atomic E-state index is 12.6. The molecule has 3 aromatic rings. The summed E-state index contributed by atoms with van der Waals surface area (Å²) in [5.74, 6) is -0.329. The summed E-state index contributed by atoms with van der Waals surface area (Å²) in [4.78, 5) is 16.8. The van der Waals surface area contributed by atoms with Crippen molar-refractivity contribution in [2.24, 2.45) is 0 Å². The molecular weight excluding hydrogens is 341 g/mol. The standard InChI is InChI=1S/C20H15F3N2O/c1-13-12-14(9-10-20(21,22)23)7-8-15(13)19(26)25-18-6-2-5-17-16(18)4-3-11-24-17/h2-12H,1H3,(H,25,26). The zero-order valence-electron chi connectivity index (χ0n) is 13.8. The van der Waals surface area contributed by atoms with Gasteiger partial charge in [0, 0.05) is 23.2 Å². The van der Waals surface area contributed by atoms with Crippen LogP contribution in [0.5, 0.6) is 0 Å². The largest absolute Gasteiger partial charge is 0.409 e. The van der Waals surface area contributed by atoms with Crippen LogP contribution in [-0.4, -0.2) is 17.1 Å². The lowest BCUT2D eigenvalue weighted by Crippen LogP contribution is -2.13. The van der Waals surface area contributed by atoms with Crippen LogP contribution in [0.2, 0.25) is 0 Å². The summed E-state index contributed by atoms with van der Waals surface area (Å²) < 4.78 is 36.8. The number of fused-ring (bicyclic) bond motifs is 1. The molecule has 26 heavy (non-hydrogen) atoms. The van der Waals surface area contributed by atoms with Gasteiger partial charge in [0.1, 0.15) is 0 Å². The number of pyridine rings is 1. The average molecular weight is 356 g/mol. The van der Waals surface area contributed by atoms with Crippen LogP contribution in [0, 0.1) is 6.92 Å². The third kappa shape index (κ3) is 4.08. The van der Waals surface area contributed by atoms with E-state index in [0.29, 0.717) is 22.4 Å². The van der Waals surface area contributed by atoms with E-state index < -0.39 is 6.18 Å². The van der Waals surface area contributed by atoms with Crippen molar-refractivity contribution in [3.63, 3.8) is 0 Å². The van der Waals surface area contributed by atoms with Crippen LogP contribution in [0.1, 0.15) is 21.5 Å². The van der Waals surface area contributed by atoms with Crippen LogP contribution < -0.4 is 5.32 Å². The molecule has 3 rings (SSSR count). The number of hydrogen-bond acceptors (Lipinski definition) is 2. The molecule has 1 N–H and O–H groups in total. The van der Waals surface area contributed by atoms with Gasteiger partial charge >= 0.3 is 6.18 Å². The lowest BCUT2D eigenvalue weighted by Gasteiger charge is -2.10. The molecule has 0 saturated carbocycles. The maximum absolute atomic E-state index is 12.6. The van der Waals surface area contributed by atoms with Gasteiger partial charge in [-0.1, -0.05) is 24.3 Å². The van der Waals surface area contributed by atoms with Crippen LogP contribution >= 0.6 is 0 Å². The Morgan fingerprint density at radius 2 is 1.92 bits per heavy atom. The number of halogens is 3. The Morgan fingerprint density at radius 3 is 2.65 bits per heavy atom. The molecule has 132 valence electrons. The van der Waals surface area contributed by atoms with E-state index in [1.165, 1.54) is 12.1 Å². The zero-order valence-corrected chi connectivity index (χ0v) is 13.8. The molecular formula is C20H15F3N2O. The van der Waals surface area contributed by atoms with Gasteiger partial charge in [0.25, 0.3) is 5.91 Å². The molecule has 2 aromatic carbocycles. The Bertz CT molecular complexity index is 989. The monoisotopic (exact) mass is 356 g/mol. The number of allylic oxidation sites excluding steroid dienone is 1. The number of aryl methyl sites for hydroxylation is 1. The number of anilines is 1. The third-order valence-electron chi connectivity index (χ3n) is 3.85. The Balaban J connectivity index is 1.85. The van der Waals surface area contributed by atoms with Gasteiger partial charge in [-0.3, -0.25) is 9.78 Å². The lowest BCUT2D eigenvalue weighted by molar-refractivity contribution is -0.0790. The quantitative estimate of drug-likeness (QED) is 0.685. The molecule has 1 amide bonds. The van der Waals surface area contributed by atoms with Crippen molar-refractivity contribution < 1.29 is 18.0 Å². The van der Waals surface area contributed by atoms with Crippen molar-refractivity contribution in [2.75, 3.05) is 5.32 Å². The maximum Gasteiger partial charge on any atom is 0.409 e. The number of nitrogens with one attached hydrogen (secondary N) is 1. The van der Waals surface area contributed by atoms with Crippen LogP contribution in [0.4, 0.5) is 18.9 Å². The second-order valence-corrected chi connectivity index (χ2v) is 5.78. The van der Waals surface area contributed by atoms with Gasteiger partial charge in [-0.25, -0.2) is 0 Å². The highest BCUT2D eigenvalue weighted by atomic mass is 19.4. The Hall–Kier alpha value is -3.15. The number of alkyl halides is 3. The van der Waals surface area contributed by atoms with E-state index in [0.717, 1.165) is 17.0 Å². The molecule has 1 heterocycles. The fourth-order valence-corrected chi connectivity index (χ4v) is 2.64. The van der Waals surface area contributed by atoms with Gasteiger partial charge in [0.15, 0.2) is 0 Å². The molecule has 1 aromatic heterocycles. The average Bonchev–Trinajstić information content (AvgIpc) is 2.59. The molecule has 0 radical (unpaired) electrons. The van der Waals surface area contributed by atoms with Gasteiger partial charge in [0.05, 0.1) is 11.2 Å². The first-order valence-electron chi connectivity index (χ1n) is 7.85. The smallest absolute Gasteiger partial charge is 0.321 e. The van der Waals surface area contributed by atoms with Gasteiger partial charge in [-0.15, -0.1) is 0 Å². The van der Waals surface area contributed by atoms with Crippen LogP contribution in [0.3, 0.4) is 0 Å².